The Morgan fingerprint density at radius 3 is 2.48 bits per heavy atom. The first kappa shape index (κ1) is 24.2. The normalized spacial score (nSPS) is 15.9. The van der Waals surface area contributed by atoms with Crippen molar-refractivity contribution in [2.75, 3.05) is 39.0 Å². The Morgan fingerprint density at radius 1 is 1.19 bits per heavy atom. The van der Waals surface area contributed by atoms with Crippen LogP contribution in [0.2, 0.25) is 0 Å². The van der Waals surface area contributed by atoms with Gasteiger partial charge in [0, 0.05) is 25.9 Å². The van der Waals surface area contributed by atoms with E-state index < -0.39 is 9.84 Å². The first-order valence-corrected chi connectivity index (χ1v) is 11.3. The number of likely N-dealkylation sites (tertiary alicyclic amines) is 1. The molecule has 154 valence electrons. The monoisotopic (exact) mass is 508 g/mol. The predicted octanol–water partition coefficient (Wildman–Crippen LogP) is 2.56. The molecule has 1 aliphatic rings. The molecule has 0 saturated carbocycles. The summed E-state index contributed by atoms with van der Waals surface area (Å²) in [6, 6.07) is 5.41. The second kappa shape index (κ2) is 11.9. The van der Waals surface area contributed by atoms with Crippen LogP contribution in [0.5, 0.6) is 0 Å². The Kier molecular flexibility index (Phi) is 10.6. The van der Waals surface area contributed by atoms with Crippen LogP contribution < -0.4 is 10.6 Å². The zero-order valence-electron chi connectivity index (χ0n) is 16.6. The highest BCUT2D eigenvalue weighted by Gasteiger charge is 2.11. The number of aliphatic imine (C=N–C) groups is 1. The van der Waals surface area contributed by atoms with Crippen LogP contribution in [0.25, 0.3) is 0 Å². The molecule has 0 unspecified atom stereocenters. The summed E-state index contributed by atoms with van der Waals surface area (Å²) in [6.07, 6.45) is 5.20. The molecule has 1 heterocycles. The molecule has 0 bridgehead atoms. The number of piperidine rings is 1. The Hall–Kier alpha value is -0.870. The summed E-state index contributed by atoms with van der Waals surface area (Å²) in [4.78, 5) is 7.51. The fraction of sp³-hybridized carbons (Fsp3) is 0.632. The Morgan fingerprint density at radius 2 is 1.89 bits per heavy atom. The van der Waals surface area contributed by atoms with Gasteiger partial charge in [0.25, 0.3) is 0 Å². The van der Waals surface area contributed by atoms with Gasteiger partial charge in [-0.05, 0) is 57.0 Å². The maximum absolute atomic E-state index is 11.7. The number of hydrogen-bond donors (Lipinski definition) is 2. The van der Waals surface area contributed by atoms with Crippen LogP contribution in [0.4, 0.5) is 0 Å². The van der Waals surface area contributed by atoms with Gasteiger partial charge in [-0.15, -0.1) is 24.0 Å². The molecular weight excluding hydrogens is 475 g/mol. The second-order valence-electron chi connectivity index (χ2n) is 6.90. The molecule has 0 aromatic heterocycles. The summed E-state index contributed by atoms with van der Waals surface area (Å²) < 4.78 is 23.4. The highest BCUT2D eigenvalue weighted by molar-refractivity contribution is 14.0. The fourth-order valence-corrected chi connectivity index (χ4v) is 4.21. The summed E-state index contributed by atoms with van der Waals surface area (Å²) >= 11 is 0. The second-order valence-corrected chi connectivity index (χ2v) is 8.88. The smallest absolute Gasteiger partial charge is 0.191 e. The average molecular weight is 508 g/mol. The van der Waals surface area contributed by atoms with Gasteiger partial charge in [0.1, 0.15) is 0 Å². The van der Waals surface area contributed by atoms with E-state index >= 15 is 0 Å². The van der Waals surface area contributed by atoms with Gasteiger partial charge in [-0.1, -0.05) is 18.6 Å². The zero-order valence-corrected chi connectivity index (χ0v) is 19.8. The number of nitrogens with one attached hydrogen (secondary N) is 2. The maximum atomic E-state index is 11.7. The van der Waals surface area contributed by atoms with Crippen molar-refractivity contribution in [3.63, 3.8) is 0 Å². The Balaban J connectivity index is 0.00000364. The molecule has 27 heavy (non-hydrogen) atoms. The van der Waals surface area contributed by atoms with Crippen molar-refractivity contribution in [2.24, 2.45) is 4.99 Å². The van der Waals surface area contributed by atoms with Crippen LogP contribution in [-0.4, -0.2) is 58.3 Å². The summed E-state index contributed by atoms with van der Waals surface area (Å²) in [5.41, 5.74) is 1.77. The third-order valence-corrected chi connectivity index (χ3v) is 5.83. The summed E-state index contributed by atoms with van der Waals surface area (Å²) in [5, 5.41) is 6.66. The molecule has 1 saturated heterocycles. The van der Waals surface area contributed by atoms with Crippen molar-refractivity contribution in [2.45, 2.75) is 44.6 Å². The van der Waals surface area contributed by atoms with E-state index in [0.29, 0.717) is 11.4 Å². The molecule has 0 amide bonds. The number of benzene rings is 1. The molecule has 0 spiro atoms. The maximum Gasteiger partial charge on any atom is 0.191 e. The minimum Gasteiger partial charge on any atom is -0.357 e. The van der Waals surface area contributed by atoms with Crippen LogP contribution in [0.3, 0.4) is 0 Å². The number of rotatable bonds is 7. The standard InChI is InChI=1S/C19H32N4O2S.HI/c1-4-20-19(21-10-13-23-11-6-5-7-12-23)22-15-17-8-9-18(16(2)14-17)26(3,24)25;/h8-9,14H,4-7,10-13,15H2,1-3H3,(H2,20,21,22);1H. The fourth-order valence-electron chi connectivity index (χ4n) is 3.25. The van der Waals surface area contributed by atoms with E-state index in [4.69, 9.17) is 0 Å². The molecule has 0 atom stereocenters. The van der Waals surface area contributed by atoms with Gasteiger partial charge >= 0.3 is 0 Å². The molecule has 0 aliphatic carbocycles. The van der Waals surface area contributed by atoms with Crippen molar-refractivity contribution in [3.8, 4) is 0 Å². The summed E-state index contributed by atoms with van der Waals surface area (Å²) in [7, 11) is -3.18. The van der Waals surface area contributed by atoms with Gasteiger partial charge in [0.05, 0.1) is 11.4 Å². The molecule has 6 nitrogen and oxygen atoms in total. The van der Waals surface area contributed by atoms with E-state index in [2.05, 4.69) is 20.5 Å². The van der Waals surface area contributed by atoms with E-state index in [1.54, 1.807) is 6.07 Å². The van der Waals surface area contributed by atoms with E-state index in [0.717, 1.165) is 36.7 Å². The average Bonchev–Trinajstić information content (AvgIpc) is 2.59. The highest BCUT2D eigenvalue weighted by Crippen LogP contribution is 2.17. The molecule has 8 heteroatoms. The summed E-state index contributed by atoms with van der Waals surface area (Å²) in [5.74, 6) is 0.800. The predicted molar refractivity (Wildman–Crippen MR) is 123 cm³/mol. The Labute approximate surface area is 181 Å². The number of guanidine groups is 1. The summed E-state index contributed by atoms with van der Waals surface area (Å²) in [6.45, 7) is 9.50. The van der Waals surface area contributed by atoms with Gasteiger partial charge < -0.3 is 15.5 Å². The van der Waals surface area contributed by atoms with E-state index in [1.165, 1.54) is 38.6 Å². The number of sulfone groups is 1. The lowest BCUT2D eigenvalue weighted by Gasteiger charge is -2.26. The molecule has 2 N–H and O–H groups in total. The first-order valence-electron chi connectivity index (χ1n) is 9.44. The van der Waals surface area contributed by atoms with Gasteiger partial charge in [0.15, 0.2) is 15.8 Å². The van der Waals surface area contributed by atoms with Gasteiger partial charge in [-0.25, -0.2) is 13.4 Å². The van der Waals surface area contributed by atoms with Gasteiger partial charge in [-0.2, -0.15) is 0 Å². The largest absolute Gasteiger partial charge is 0.357 e. The van der Waals surface area contributed by atoms with Crippen LogP contribution in [0.15, 0.2) is 28.1 Å². The molecular formula is C19H33IN4O2S. The van der Waals surface area contributed by atoms with Crippen LogP contribution in [0, 0.1) is 6.92 Å². The molecule has 1 aliphatic heterocycles. The van der Waals surface area contributed by atoms with Crippen molar-refractivity contribution in [3.05, 3.63) is 29.3 Å². The van der Waals surface area contributed by atoms with Gasteiger partial charge in [-0.3, -0.25) is 0 Å². The lowest BCUT2D eigenvalue weighted by Crippen LogP contribution is -2.42. The lowest BCUT2D eigenvalue weighted by molar-refractivity contribution is 0.232. The van der Waals surface area contributed by atoms with E-state index in [1.807, 2.05) is 26.0 Å². The minimum atomic E-state index is -3.18. The van der Waals surface area contributed by atoms with Crippen molar-refractivity contribution in [1.82, 2.24) is 15.5 Å². The van der Waals surface area contributed by atoms with Crippen LogP contribution in [0.1, 0.15) is 37.3 Å². The molecule has 1 aromatic rings. The topological polar surface area (TPSA) is 73.8 Å². The van der Waals surface area contributed by atoms with Crippen molar-refractivity contribution >= 4 is 39.8 Å². The van der Waals surface area contributed by atoms with Crippen LogP contribution in [-0.2, 0) is 16.4 Å². The number of nitrogens with zero attached hydrogens (tertiary/aromatic N) is 2. The van der Waals surface area contributed by atoms with E-state index in [-0.39, 0.29) is 24.0 Å². The molecule has 0 radical (unpaired) electrons. The first-order chi connectivity index (χ1) is 12.4. The highest BCUT2D eigenvalue weighted by atomic mass is 127. The third kappa shape index (κ3) is 8.35. The third-order valence-electron chi connectivity index (χ3n) is 4.57. The van der Waals surface area contributed by atoms with E-state index in [9.17, 15) is 8.42 Å². The SMILES string of the molecule is CCNC(=NCc1ccc(S(C)(=O)=O)c(C)c1)NCCN1CCCCC1.I. The quantitative estimate of drug-likeness (QED) is 0.337. The number of halogens is 1. The van der Waals surface area contributed by atoms with Crippen molar-refractivity contribution < 1.29 is 8.42 Å². The number of aryl methyl sites for hydroxylation is 1. The molecule has 2 rings (SSSR count). The molecule has 1 aromatic carbocycles. The zero-order chi connectivity index (χ0) is 19.0. The van der Waals surface area contributed by atoms with Crippen molar-refractivity contribution in [1.29, 1.82) is 0 Å². The van der Waals surface area contributed by atoms with Gasteiger partial charge in [0.2, 0.25) is 0 Å². The number of hydrogen-bond acceptors (Lipinski definition) is 4. The Bertz CT molecular complexity index is 716. The lowest BCUT2D eigenvalue weighted by atomic mass is 10.1. The van der Waals surface area contributed by atoms with Crippen LogP contribution >= 0.6 is 24.0 Å². The molecule has 1 fully saturated rings. The minimum absolute atomic E-state index is 0.